The number of aryl methyl sites for hydroxylation is 1. The highest BCUT2D eigenvalue weighted by atomic mass is 16.5. The fraction of sp³-hybridized carbons (Fsp3) is 0.400. The highest BCUT2D eigenvalue weighted by Gasteiger charge is 2.71. The Morgan fingerprint density at radius 2 is 2.10 bits per heavy atom. The predicted octanol–water partition coefficient (Wildman–Crippen LogP) is 3.13. The summed E-state index contributed by atoms with van der Waals surface area (Å²) >= 11 is 0. The number of fused-ring (bicyclic) bond motifs is 3. The van der Waals surface area contributed by atoms with Gasteiger partial charge in [0.1, 0.15) is 0 Å². The third kappa shape index (κ3) is 1.69. The average molecular weight is 400 g/mol. The van der Waals surface area contributed by atoms with E-state index in [0.29, 0.717) is 6.42 Å². The minimum atomic E-state index is -0.914. The van der Waals surface area contributed by atoms with Crippen molar-refractivity contribution in [1.82, 2.24) is 10.3 Å². The maximum absolute atomic E-state index is 12.4. The van der Waals surface area contributed by atoms with Crippen LogP contribution in [0.15, 0.2) is 36.4 Å². The summed E-state index contributed by atoms with van der Waals surface area (Å²) in [5, 5.41) is 17.2. The highest BCUT2D eigenvalue weighted by Crippen LogP contribution is 2.67. The first-order valence-electron chi connectivity index (χ1n) is 10.8. The minimum Gasteiger partial charge on any atom is -0.493 e. The van der Waals surface area contributed by atoms with Crippen LogP contribution in [0.5, 0.6) is 11.5 Å². The Kier molecular flexibility index (Phi) is 3.04. The molecule has 4 atom stereocenters. The van der Waals surface area contributed by atoms with Gasteiger partial charge in [0.05, 0.1) is 29.3 Å². The van der Waals surface area contributed by atoms with Crippen LogP contribution in [0.1, 0.15) is 40.5 Å². The van der Waals surface area contributed by atoms with Gasteiger partial charge in [-0.15, -0.1) is 0 Å². The molecule has 2 aliphatic heterocycles. The molecule has 1 spiro atoms. The summed E-state index contributed by atoms with van der Waals surface area (Å²) in [6, 6.07) is 12.4. The number of para-hydroxylation sites is 1. The van der Waals surface area contributed by atoms with E-state index in [1.807, 2.05) is 12.1 Å². The quantitative estimate of drug-likeness (QED) is 0.657. The van der Waals surface area contributed by atoms with Crippen molar-refractivity contribution in [2.75, 3.05) is 13.7 Å². The minimum absolute atomic E-state index is 0.00298. The SMILES string of the molecule is COc1ccc2c3c1OC1c4nc5ccccc5c(C)c4CC4(O)[C@H](C2)NCC[C@]314. The van der Waals surface area contributed by atoms with E-state index in [-0.39, 0.29) is 12.1 Å². The van der Waals surface area contributed by atoms with Gasteiger partial charge in [0.25, 0.3) is 0 Å². The molecule has 0 amide bonds. The highest BCUT2D eigenvalue weighted by molar-refractivity contribution is 5.84. The van der Waals surface area contributed by atoms with Crippen LogP contribution in [0.2, 0.25) is 0 Å². The summed E-state index contributed by atoms with van der Waals surface area (Å²) in [4.78, 5) is 5.12. The molecule has 5 nitrogen and oxygen atoms in total. The molecule has 1 fully saturated rings. The van der Waals surface area contributed by atoms with Crippen molar-refractivity contribution < 1.29 is 14.6 Å². The van der Waals surface area contributed by atoms with Crippen LogP contribution in [0.3, 0.4) is 0 Å². The molecule has 2 aliphatic carbocycles. The maximum Gasteiger partial charge on any atom is 0.166 e. The molecule has 2 bridgehead atoms. The summed E-state index contributed by atoms with van der Waals surface area (Å²) in [6.07, 6.45) is 1.92. The van der Waals surface area contributed by atoms with E-state index in [1.54, 1.807) is 7.11 Å². The molecule has 1 saturated heterocycles. The van der Waals surface area contributed by atoms with E-state index in [2.05, 4.69) is 36.5 Å². The van der Waals surface area contributed by atoms with Gasteiger partial charge in [-0.2, -0.15) is 0 Å². The van der Waals surface area contributed by atoms with Crippen molar-refractivity contribution in [3.05, 3.63) is 64.3 Å². The van der Waals surface area contributed by atoms with Gasteiger partial charge in [-0.1, -0.05) is 24.3 Å². The first kappa shape index (κ1) is 17.1. The third-order valence-corrected chi connectivity index (χ3v) is 8.25. The molecule has 3 aromatic rings. The summed E-state index contributed by atoms with van der Waals surface area (Å²) in [7, 11) is 1.69. The fourth-order valence-corrected chi connectivity index (χ4v) is 6.91. The molecule has 4 aliphatic rings. The van der Waals surface area contributed by atoms with Crippen LogP contribution < -0.4 is 14.8 Å². The summed E-state index contributed by atoms with van der Waals surface area (Å²) < 4.78 is 12.4. The number of piperidine rings is 1. The van der Waals surface area contributed by atoms with Gasteiger partial charge in [-0.05, 0) is 55.1 Å². The molecule has 0 saturated carbocycles. The monoisotopic (exact) mass is 400 g/mol. The Labute approximate surface area is 175 Å². The molecule has 2 aromatic carbocycles. The molecule has 3 heterocycles. The normalized spacial score (nSPS) is 32.4. The van der Waals surface area contributed by atoms with Crippen molar-refractivity contribution in [3.8, 4) is 11.5 Å². The Morgan fingerprint density at radius 3 is 2.97 bits per heavy atom. The lowest BCUT2D eigenvalue weighted by Gasteiger charge is -2.60. The van der Waals surface area contributed by atoms with Gasteiger partial charge in [0.2, 0.25) is 0 Å². The third-order valence-electron chi connectivity index (χ3n) is 8.25. The lowest BCUT2D eigenvalue weighted by atomic mass is 9.49. The van der Waals surface area contributed by atoms with Crippen molar-refractivity contribution in [1.29, 1.82) is 0 Å². The molecular weight excluding hydrogens is 376 g/mol. The molecule has 0 radical (unpaired) electrons. The standard InChI is InChI=1S/C25H24N2O3/c1-13-15-5-3-4-6-17(15)27-21-16(13)12-25(28)19-11-14-7-8-18(29-2)22-20(14)24(25,9-10-26-19)23(21)30-22/h3-8,19,23,26,28H,9-12H2,1-2H3/t19-,23?,24-,25?/m0/s1. The van der Waals surface area contributed by atoms with Crippen molar-refractivity contribution in [2.24, 2.45) is 0 Å². The van der Waals surface area contributed by atoms with E-state index in [9.17, 15) is 5.11 Å². The number of hydrogen-bond acceptors (Lipinski definition) is 5. The van der Waals surface area contributed by atoms with E-state index in [0.717, 1.165) is 58.6 Å². The van der Waals surface area contributed by atoms with Gasteiger partial charge < -0.3 is 19.9 Å². The zero-order valence-corrected chi connectivity index (χ0v) is 17.2. The Balaban J connectivity index is 1.60. The van der Waals surface area contributed by atoms with Crippen LogP contribution in [0, 0.1) is 6.92 Å². The summed E-state index contributed by atoms with van der Waals surface area (Å²) in [5.41, 5.74) is 5.33. The molecular formula is C25H24N2O3. The van der Waals surface area contributed by atoms with E-state index in [4.69, 9.17) is 14.5 Å². The Bertz CT molecular complexity index is 1250. The Hall–Kier alpha value is -2.63. The molecule has 5 heteroatoms. The summed E-state index contributed by atoms with van der Waals surface area (Å²) in [6.45, 7) is 3.02. The number of aliphatic hydroxyl groups is 1. The van der Waals surface area contributed by atoms with Crippen molar-refractivity contribution in [2.45, 2.75) is 49.3 Å². The topological polar surface area (TPSA) is 63.6 Å². The number of hydrogen-bond donors (Lipinski definition) is 2. The van der Waals surface area contributed by atoms with E-state index >= 15 is 0 Å². The van der Waals surface area contributed by atoms with E-state index in [1.165, 1.54) is 11.1 Å². The van der Waals surface area contributed by atoms with Crippen LogP contribution in [-0.2, 0) is 18.3 Å². The number of nitrogens with zero attached hydrogens (tertiary/aromatic N) is 1. The molecule has 1 aromatic heterocycles. The molecule has 7 rings (SSSR count). The molecule has 152 valence electrons. The molecule has 2 unspecified atom stereocenters. The van der Waals surface area contributed by atoms with Gasteiger partial charge in [-0.25, -0.2) is 4.98 Å². The second kappa shape index (κ2) is 5.34. The summed E-state index contributed by atoms with van der Waals surface area (Å²) in [5.74, 6) is 1.55. The lowest BCUT2D eigenvalue weighted by Crippen LogP contribution is -2.74. The predicted molar refractivity (Wildman–Crippen MR) is 113 cm³/mol. The van der Waals surface area contributed by atoms with Gasteiger partial charge in [-0.3, -0.25) is 0 Å². The number of ether oxygens (including phenoxy) is 2. The van der Waals surface area contributed by atoms with Crippen LogP contribution in [0.25, 0.3) is 10.9 Å². The Morgan fingerprint density at radius 1 is 1.23 bits per heavy atom. The fourth-order valence-electron chi connectivity index (χ4n) is 6.91. The number of pyridine rings is 1. The lowest BCUT2D eigenvalue weighted by molar-refractivity contribution is -0.134. The van der Waals surface area contributed by atoms with Crippen LogP contribution >= 0.6 is 0 Å². The van der Waals surface area contributed by atoms with Crippen molar-refractivity contribution >= 4 is 10.9 Å². The number of nitrogens with one attached hydrogen (secondary N) is 1. The average Bonchev–Trinajstić information content (AvgIpc) is 3.09. The van der Waals surface area contributed by atoms with Gasteiger partial charge >= 0.3 is 0 Å². The number of benzene rings is 2. The van der Waals surface area contributed by atoms with Crippen molar-refractivity contribution in [3.63, 3.8) is 0 Å². The second-order valence-corrected chi connectivity index (χ2v) is 9.28. The van der Waals surface area contributed by atoms with Gasteiger partial charge in [0, 0.05) is 23.4 Å². The number of rotatable bonds is 1. The van der Waals surface area contributed by atoms with Crippen LogP contribution in [0.4, 0.5) is 0 Å². The molecule has 30 heavy (non-hydrogen) atoms. The first-order valence-corrected chi connectivity index (χ1v) is 10.8. The molecule has 2 N–H and O–H groups in total. The number of methoxy groups -OCH3 is 1. The second-order valence-electron chi connectivity index (χ2n) is 9.28. The zero-order valence-electron chi connectivity index (χ0n) is 17.2. The largest absolute Gasteiger partial charge is 0.493 e. The van der Waals surface area contributed by atoms with E-state index < -0.39 is 11.0 Å². The maximum atomic E-state index is 12.4. The first-order chi connectivity index (χ1) is 14.6. The number of aromatic nitrogens is 1. The smallest absolute Gasteiger partial charge is 0.166 e. The van der Waals surface area contributed by atoms with Gasteiger partial charge in [0.15, 0.2) is 17.6 Å². The zero-order chi connectivity index (χ0) is 20.3. The van der Waals surface area contributed by atoms with Crippen LogP contribution in [-0.4, -0.2) is 35.4 Å².